The number of carbonyl (C=O) groups is 1. The smallest absolute Gasteiger partial charge is 0.223 e. The van der Waals surface area contributed by atoms with Crippen LogP contribution in [0.1, 0.15) is 37.3 Å². The number of carbonyl (C=O) groups excluding carboxylic acids is 1. The van der Waals surface area contributed by atoms with Crippen molar-refractivity contribution >= 4 is 17.1 Å². The fourth-order valence-corrected chi connectivity index (χ4v) is 3.91. The van der Waals surface area contributed by atoms with Gasteiger partial charge in [0.25, 0.3) is 0 Å². The quantitative estimate of drug-likeness (QED) is 0.832. The van der Waals surface area contributed by atoms with Gasteiger partial charge in [0.05, 0.1) is 12.2 Å². The van der Waals surface area contributed by atoms with E-state index in [4.69, 9.17) is 10.8 Å². The molecule has 132 valence electrons. The van der Waals surface area contributed by atoms with Crippen LogP contribution < -0.4 is 5.73 Å². The van der Waals surface area contributed by atoms with Crippen molar-refractivity contribution in [2.24, 2.45) is 11.7 Å². The van der Waals surface area contributed by atoms with Crippen molar-refractivity contribution in [1.29, 1.82) is 0 Å². The van der Waals surface area contributed by atoms with Gasteiger partial charge in [0.15, 0.2) is 5.65 Å². The highest BCUT2D eigenvalue weighted by atomic mass is 16.2. The van der Waals surface area contributed by atoms with Gasteiger partial charge in [0.1, 0.15) is 5.52 Å². The number of amides is 1. The lowest BCUT2D eigenvalue weighted by Gasteiger charge is -2.18. The molecule has 25 heavy (non-hydrogen) atoms. The van der Waals surface area contributed by atoms with E-state index in [1.165, 1.54) is 0 Å². The van der Waals surface area contributed by atoms with Gasteiger partial charge >= 0.3 is 0 Å². The maximum absolute atomic E-state index is 12.6. The molecule has 0 saturated carbocycles. The molecule has 1 amide bonds. The second kappa shape index (κ2) is 6.92. The molecule has 7 heteroatoms. The molecule has 0 spiro atoms. The molecule has 2 N–H and O–H groups in total. The fourth-order valence-electron chi connectivity index (χ4n) is 3.91. The second-order valence-corrected chi connectivity index (χ2v) is 6.92. The summed E-state index contributed by atoms with van der Waals surface area (Å²) in [5.41, 5.74) is 8.26. The highest BCUT2D eigenvalue weighted by Gasteiger charge is 2.32. The highest BCUT2D eigenvalue weighted by Crippen LogP contribution is 2.31. The molecule has 2 aromatic heterocycles. The number of hydrogen-bond donors (Lipinski definition) is 1. The Hall–Kier alpha value is -2.28. The van der Waals surface area contributed by atoms with Gasteiger partial charge in [0, 0.05) is 44.4 Å². The van der Waals surface area contributed by atoms with Gasteiger partial charge in [-0.1, -0.05) is 12.2 Å². The minimum atomic E-state index is 0.223. The van der Waals surface area contributed by atoms with E-state index in [0.717, 1.165) is 49.2 Å². The van der Waals surface area contributed by atoms with Gasteiger partial charge in [0.2, 0.25) is 5.91 Å². The zero-order valence-corrected chi connectivity index (χ0v) is 14.3. The monoisotopic (exact) mass is 340 g/mol. The van der Waals surface area contributed by atoms with Crippen LogP contribution in [0.4, 0.5) is 0 Å². The molecule has 3 heterocycles. The van der Waals surface area contributed by atoms with Crippen LogP contribution in [0.5, 0.6) is 0 Å². The van der Waals surface area contributed by atoms with Gasteiger partial charge < -0.3 is 10.6 Å². The standard InChI is InChI=1S/C18H24N6O/c19-6-10-24-18-17(20-7-8-21-18)16(22-24)14-5-9-23(12-14)15(25)11-13-3-1-2-4-13/h1,3,7-8,13-14H,2,4-6,9-12,19H2. The maximum atomic E-state index is 12.6. The van der Waals surface area contributed by atoms with Crippen LogP contribution in [-0.4, -0.2) is 50.2 Å². The maximum Gasteiger partial charge on any atom is 0.223 e. The summed E-state index contributed by atoms with van der Waals surface area (Å²) in [6.45, 7) is 2.65. The molecule has 0 aromatic carbocycles. The van der Waals surface area contributed by atoms with Gasteiger partial charge in [-0.2, -0.15) is 5.10 Å². The molecule has 0 bridgehead atoms. The lowest BCUT2D eigenvalue weighted by atomic mass is 10.0. The number of nitrogens with zero attached hydrogens (tertiary/aromatic N) is 5. The van der Waals surface area contributed by atoms with Crippen molar-refractivity contribution in [3.8, 4) is 0 Å². The summed E-state index contributed by atoms with van der Waals surface area (Å²) in [6.07, 6.45) is 11.5. The SMILES string of the molecule is NCCn1nc(C2CCN(C(=O)CC3C=CCC3)C2)c2nccnc21. The van der Waals surface area contributed by atoms with Crippen molar-refractivity contribution in [1.82, 2.24) is 24.6 Å². The number of allylic oxidation sites excluding steroid dienone is 2. The van der Waals surface area contributed by atoms with E-state index < -0.39 is 0 Å². The summed E-state index contributed by atoms with van der Waals surface area (Å²) in [4.78, 5) is 23.4. The van der Waals surface area contributed by atoms with Crippen LogP contribution in [0.25, 0.3) is 11.2 Å². The zero-order valence-electron chi connectivity index (χ0n) is 14.3. The highest BCUT2D eigenvalue weighted by molar-refractivity contribution is 5.78. The van der Waals surface area contributed by atoms with Gasteiger partial charge in [-0.25, -0.2) is 14.6 Å². The Morgan fingerprint density at radius 3 is 2.96 bits per heavy atom. The third-order valence-corrected chi connectivity index (χ3v) is 5.21. The molecule has 0 radical (unpaired) electrons. The van der Waals surface area contributed by atoms with Crippen molar-refractivity contribution in [2.45, 2.75) is 38.1 Å². The first-order valence-electron chi connectivity index (χ1n) is 9.08. The van der Waals surface area contributed by atoms with E-state index in [-0.39, 0.29) is 11.8 Å². The Kier molecular flexibility index (Phi) is 4.48. The molecule has 1 fully saturated rings. The number of fused-ring (bicyclic) bond motifs is 1. The lowest BCUT2D eigenvalue weighted by Crippen LogP contribution is -2.29. The molecular formula is C18H24N6O. The fraction of sp³-hybridized carbons (Fsp3) is 0.556. The van der Waals surface area contributed by atoms with E-state index in [1.54, 1.807) is 12.4 Å². The van der Waals surface area contributed by atoms with E-state index in [2.05, 4.69) is 22.1 Å². The molecule has 4 rings (SSSR count). The summed E-state index contributed by atoms with van der Waals surface area (Å²) in [5, 5.41) is 4.72. The van der Waals surface area contributed by atoms with Crippen LogP contribution in [0.15, 0.2) is 24.5 Å². The minimum absolute atomic E-state index is 0.223. The average molecular weight is 340 g/mol. The molecule has 2 atom stereocenters. The van der Waals surface area contributed by atoms with Gasteiger partial charge in [-0.05, 0) is 25.2 Å². The van der Waals surface area contributed by atoms with Crippen molar-refractivity contribution in [2.75, 3.05) is 19.6 Å². The predicted octanol–water partition coefficient (Wildman–Crippen LogP) is 1.46. The molecule has 2 aromatic rings. The third kappa shape index (κ3) is 3.16. The minimum Gasteiger partial charge on any atom is -0.342 e. The second-order valence-electron chi connectivity index (χ2n) is 6.92. The average Bonchev–Trinajstić information content (AvgIpc) is 3.35. The predicted molar refractivity (Wildman–Crippen MR) is 94.8 cm³/mol. The molecular weight excluding hydrogens is 316 g/mol. The van der Waals surface area contributed by atoms with E-state index >= 15 is 0 Å². The first-order chi connectivity index (χ1) is 12.3. The van der Waals surface area contributed by atoms with Gasteiger partial charge in [-0.15, -0.1) is 0 Å². The number of rotatable bonds is 5. The zero-order chi connectivity index (χ0) is 17.2. The molecule has 1 saturated heterocycles. The Morgan fingerprint density at radius 1 is 1.28 bits per heavy atom. The molecule has 1 aliphatic heterocycles. The summed E-state index contributed by atoms with van der Waals surface area (Å²) in [7, 11) is 0. The van der Waals surface area contributed by atoms with Gasteiger partial charge in [-0.3, -0.25) is 4.79 Å². The number of aromatic nitrogens is 4. The normalized spacial score (nSPS) is 23.0. The summed E-state index contributed by atoms with van der Waals surface area (Å²) in [5.74, 6) is 0.902. The number of likely N-dealkylation sites (tertiary alicyclic amines) is 1. The Labute approximate surface area is 146 Å². The summed E-state index contributed by atoms with van der Waals surface area (Å²) < 4.78 is 1.84. The summed E-state index contributed by atoms with van der Waals surface area (Å²) in [6, 6.07) is 0. The topological polar surface area (TPSA) is 89.9 Å². The van der Waals surface area contributed by atoms with E-state index in [0.29, 0.717) is 25.4 Å². The largest absolute Gasteiger partial charge is 0.342 e. The number of hydrogen-bond acceptors (Lipinski definition) is 5. The summed E-state index contributed by atoms with van der Waals surface area (Å²) >= 11 is 0. The van der Waals surface area contributed by atoms with Crippen LogP contribution >= 0.6 is 0 Å². The van der Waals surface area contributed by atoms with Crippen LogP contribution in [0.2, 0.25) is 0 Å². The Balaban J connectivity index is 1.50. The Morgan fingerprint density at radius 2 is 2.16 bits per heavy atom. The first kappa shape index (κ1) is 16.2. The molecule has 2 unspecified atom stereocenters. The van der Waals surface area contributed by atoms with Crippen molar-refractivity contribution in [3.05, 3.63) is 30.2 Å². The van der Waals surface area contributed by atoms with Crippen LogP contribution in [0.3, 0.4) is 0 Å². The Bertz CT molecular complexity index is 798. The molecule has 7 nitrogen and oxygen atoms in total. The first-order valence-corrected chi connectivity index (χ1v) is 9.08. The molecule has 2 aliphatic rings. The van der Waals surface area contributed by atoms with Crippen LogP contribution in [0, 0.1) is 5.92 Å². The lowest BCUT2D eigenvalue weighted by molar-refractivity contribution is -0.130. The number of nitrogens with two attached hydrogens (primary N) is 1. The van der Waals surface area contributed by atoms with E-state index in [1.807, 2.05) is 9.58 Å². The van der Waals surface area contributed by atoms with Crippen LogP contribution in [-0.2, 0) is 11.3 Å². The molecule has 1 aliphatic carbocycles. The van der Waals surface area contributed by atoms with Crippen molar-refractivity contribution < 1.29 is 4.79 Å². The van der Waals surface area contributed by atoms with Crippen molar-refractivity contribution in [3.63, 3.8) is 0 Å². The third-order valence-electron chi connectivity index (χ3n) is 5.21. The van der Waals surface area contributed by atoms with E-state index in [9.17, 15) is 4.79 Å².